The summed E-state index contributed by atoms with van der Waals surface area (Å²) in [6.07, 6.45) is 0. The first-order valence-electron chi connectivity index (χ1n) is 4.95. The van der Waals surface area contributed by atoms with Crippen LogP contribution in [0.3, 0.4) is 0 Å². The molecule has 0 unspecified atom stereocenters. The first-order chi connectivity index (χ1) is 7.06. The molecule has 82 valence electrons. The summed E-state index contributed by atoms with van der Waals surface area (Å²) < 4.78 is 0. The van der Waals surface area contributed by atoms with E-state index in [4.69, 9.17) is 11.6 Å². The Kier molecular flexibility index (Phi) is 4.15. The van der Waals surface area contributed by atoms with Crippen molar-refractivity contribution in [3.63, 3.8) is 0 Å². The van der Waals surface area contributed by atoms with Crippen LogP contribution in [0.4, 0.5) is 0 Å². The highest BCUT2D eigenvalue weighted by Gasteiger charge is 2.13. The Morgan fingerprint density at radius 1 is 1.40 bits per heavy atom. The van der Waals surface area contributed by atoms with E-state index < -0.39 is 0 Å². The van der Waals surface area contributed by atoms with Crippen molar-refractivity contribution in [2.75, 3.05) is 19.5 Å². The van der Waals surface area contributed by atoms with Gasteiger partial charge < -0.3 is 4.90 Å². The Morgan fingerprint density at radius 3 is 2.67 bits per heavy atom. The topological polar surface area (TPSA) is 20.3 Å². The van der Waals surface area contributed by atoms with Crippen molar-refractivity contribution in [1.82, 2.24) is 4.90 Å². The molecule has 1 aromatic rings. The lowest BCUT2D eigenvalue weighted by Gasteiger charge is -2.17. The SMILES string of the molecule is Cc1ccc(C)c(C(=O)N(C)CCCl)c1. The number of amides is 1. The van der Waals surface area contributed by atoms with E-state index in [1.807, 2.05) is 32.0 Å². The summed E-state index contributed by atoms with van der Waals surface area (Å²) in [4.78, 5) is 13.6. The number of aryl methyl sites for hydroxylation is 2. The van der Waals surface area contributed by atoms with Gasteiger partial charge in [-0.25, -0.2) is 0 Å². The van der Waals surface area contributed by atoms with Crippen LogP contribution >= 0.6 is 11.6 Å². The van der Waals surface area contributed by atoms with Crippen molar-refractivity contribution in [1.29, 1.82) is 0 Å². The number of hydrogen-bond donors (Lipinski definition) is 0. The van der Waals surface area contributed by atoms with E-state index in [1.54, 1.807) is 11.9 Å². The zero-order valence-electron chi connectivity index (χ0n) is 9.38. The first-order valence-corrected chi connectivity index (χ1v) is 5.48. The van der Waals surface area contributed by atoms with Crippen LogP contribution in [0.5, 0.6) is 0 Å². The van der Waals surface area contributed by atoms with Crippen molar-refractivity contribution in [2.45, 2.75) is 13.8 Å². The lowest BCUT2D eigenvalue weighted by atomic mass is 10.0. The summed E-state index contributed by atoms with van der Waals surface area (Å²) in [5.74, 6) is 0.504. The summed E-state index contributed by atoms with van der Waals surface area (Å²) in [5.41, 5.74) is 2.87. The van der Waals surface area contributed by atoms with E-state index in [9.17, 15) is 4.79 Å². The van der Waals surface area contributed by atoms with Crippen molar-refractivity contribution < 1.29 is 4.79 Å². The minimum atomic E-state index is 0.0388. The second kappa shape index (κ2) is 5.17. The third-order valence-corrected chi connectivity index (χ3v) is 2.56. The number of carbonyl (C=O) groups excluding carboxylic acids is 1. The van der Waals surface area contributed by atoms with Crippen LogP contribution < -0.4 is 0 Å². The molecule has 1 aromatic carbocycles. The van der Waals surface area contributed by atoms with Crippen LogP contribution in [0, 0.1) is 13.8 Å². The van der Waals surface area contributed by atoms with Gasteiger partial charge in [-0.2, -0.15) is 0 Å². The van der Waals surface area contributed by atoms with Crippen molar-refractivity contribution >= 4 is 17.5 Å². The molecule has 2 nitrogen and oxygen atoms in total. The molecule has 0 atom stereocenters. The highest BCUT2D eigenvalue weighted by atomic mass is 35.5. The summed E-state index contributed by atoms with van der Waals surface area (Å²) >= 11 is 5.61. The first kappa shape index (κ1) is 12.1. The second-order valence-electron chi connectivity index (χ2n) is 3.73. The highest BCUT2D eigenvalue weighted by Crippen LogP contribution is 2.12. The van der Waals surface area contributed by atoms with Crippen LogP contribution in [-0.4, -0.2) is 30.3 Å². The molecular formula is C12H16ClNO. The maximum absolute atomic E-state index is 12.0. The number of halogens is 1. The van der Waals surface area contributed by atoms with Gasteiger partial charge in [-0.05, 0) is 25.5 Å². The van der Waals surface area contributed by atoms with Gasteiger partial charge in [-0.1, -0.05) is 17.7 Å². The molecule has 0 saturated heterocycles. The highest BCUT2D eigenvalue weighted by molar-refractivity contribution is 6.18. The molecule has 0 aliphatic carbocycles. The quantitative estimate of drug-likeness (QED) is 0.725. The molecule has 0 radical (unpaired) electrons. The van der Waals surface area contributed by atoms with E-state index in [2.05, 4.69) is 0 Å². The van der Waals surface area contributed by atoms with Crippen molar-refractivity contribution in [3.8, 4) is 0 Å². The molecule has 0 fully saturated rings. The van der Waals surface area contributed by atoms with Gasteiger partial charge in [0, 0.05) is 25.0 Å². The minimum Gasteiger partial charge on any atom is -0.341 e. The van der Waals surface area contributed by atoms with Crippen LogP contribution in [0.1, 0.15) is 21.5 Å². The Morgan fingerprint density at radius 2 is 2.07 bits per heavy atom. The zero-order chi connectivity index (χ0) is 11.4. The molecule has 0 aliphatic rings. The van der Waals surface area contributed by atoms with E-state index in [0.29, 0.717) is 12.4 Å². The smallest absolute Gasteiger partial charge is 0.253 e. The van der Waals surface area contributed by atoms with Gasteiger partial charge in [-0.3, -0.25) is 4.79 Å². The average Bonchev–Trinajstić information content (AvgIpc) is 2.21. The maximum atomic E-state index is 12.0. The van der Waals surface area contributed by atoms with E-state index >= 15 is 0 Å². The predicted molar refractivity (Wildman–Crippen MR) is 63.6 cm³/mol. The van der Waals surface area contributed by atoms with Crippen LogP contribution in [-0.2, 0) is 0 Å². The lowest BCUT2D eigenvalue weighted by Crippen LogP contribution is -2.29. The van der Waals surface area contributed by atoms with Crippen molar-refractivity contribution in [2.24, 2.45) is 0 Å². The number of benzene rings is 1. The Bertz CT molecular complexity index is 363. The Hall–Kier alpha value is -1.02. The van der Waals surface area contributed by atoms with Gasteiger partial charge in [-0.15, -0.1) is 11.6 Å². The minimum absolute atomic E-state index is 0.0388. The van der Waals surface area contributed by atoms with Crippen LogP contribution in [0.15, 0.2) is 18.2 Å². The van der Waals surface area contributed by atoms with Gasteiger partial charge in [0.15, 0.2) is 0 Å². The number of hydrogen-bond acceptors (Lipinski definition) is 1. The van der Waals surface area contributed by atoms with Gasteiger partial charge in [0.05, 0.1) is 0 Å². The third kappa shape index (κ3) is 2.96. The van der Waals surface area contributed by atoms with Crippen LogP contribution in [0.2, 0.25) is 0 Å². The molecule has 1 amide bonds. The molecular weight excluding hydrogens is 210 g/mol. The van der Waals surface area contributed by atoms with Crippen LogP contribution in [0.25, 0.3) is 0 Å². The largest absolute Gasteiger partial charge is 0.341 e. The summed E-state index contributed by atoms with van der Waals surface area (Å²) in [6, 6.07) is 5.90. The molecule has 1 rings (SSSR count). The average molecular weight is 226 g/mol. The normalized spacial score (nSPS) is 10.1. The molecule has 3 heteroatoms. The zero-order valence-corrected chi connectivity index (χ0v) is 10.1. The summed E-state index contributed by atoms with van der Waals surface area (Å²) in [6.45, 7) is 4.51. The van der Waals surface area contributed by atoms with Crippen molar-refractivity contribution in [3.05, 3.63) is 34.9 Å². The maximum Gasteiger partial charge on any atom is 0.253 e. The number of alkyl halides is 1. The summed E-state index contributed by atoms with van der Waals surface area (Å²) in [5, 5.41) is 0. The van der Waals surface area contributed by atoms with Gasteiger partial charge >= 0.3 is 0 Å². The van der Waals surface area contributed by atoms with E-state index in [0.717, 1.165) is 16.7 Å². The molecule has 0 saturated carbocycles. The fourth-order valence-corrected chi connectivity index (χ4v) is 1.65. The van der Waals surface area contributed by atoms with Gasteiger partial charge in [0.25, 0.3) is 5.91 Å². The van der Waals surface area contributed by atoms with E-state index in [1.165, 1.54) is 0 Å². The predicted octanol–water partition coefficient (Wildman–Crippen LogP) is 2.61. The van der Waals surface area contributed by atoms with E-state index in [-0.39, 0.29) is 5.91 Å². The fraction of sp³-hybridized carbons (Fsp3) is 0.417. The Balaban J connectivity index is 2.95. The number of carbonyl (C=O) groups is 1. The summed E-state index contributed by atoms with van der Waals surface area (Å²) in [7, 11) is 1.77. The second-order valence-corrected chi connectivity index (χ2v) is 4.11. The standard InChI is InChI=1S/C12H16ClNO/c1-9-4-5-10(2)11(8-9)12(15)14(3)7-6-13/h4-5,8H,6-7H2,1-3H3. The fourth-order valence-electron chi connectivity index (χ4n) is 1.40. The molecule has 0 bridgehead atoms. The molecule has 0 aromatic heterocycles. The molecule has 0 N–H and O–H groups in total. The molecule has 0 spiro atoms. The molecule has 0 heterocycles. The lowest BCUT2D eigenvalue weighted by molar-refractivity contribution is 0.0802. The van der Waals surface area contributed by atoms with Gasteiger partial charge in [0.2, 0.25) is 0 Å². The monoisotopic (exact) mass is 225 g/mol. The number of rotatable bonds is 3. The van der Waals surface area contributed by atoms with Gasteiger partial charge in [0.1, 0.15) is 0 Å². The molecule has 15 heavy (non-hydrogen) atoms. The molecule has 0 aliphatic heterocycles. The third-order valence-electron chi connectivity index (χ3n) is 2.39. The number of nitrogens with zero attached hydrogens (tertiary/aromatic N) is 1. The Labute approximate surface area is 95.8 Å².